The lowest BCUT2D eigenvalue weighted by atomic mass is 10.0. The molecular formula is C15H20FNO. The quantitative estimate of drug-likeness (QED) is 0.809. The van der Waals surface area contributed by atoms with Gasteiger partial charge in [-0.3, -0.25) is 0 Å². The van der Waals surface area contributed by atoms with Gasteiger partial charge in [0.15, 0.2) is 0 Å². The first-order valence-corrected chi connectivity index (χ1v) is 6.40. The van der Waals surface area contributed by atoms with Crippen LogP contribution in [0.4, 0.5) is 10.1 Å². The molecular weight excluding hydrogens is 229 g/mol. The van der Waals surface area contributed by atoms with Crippen molar-refractivity contribution in [2.75, 3.05) is 11.4 Å². The minimum atomic E-state index is -0.666. The van der Waals surface area contributed by atoms with Crippen molar-refractivity contribution in [2.45, 2.75) is 38.8 Å². The summed E-state index contributed by atoms with van der Waals surface area (Å²) in [5.74, 6) is -0.260. The molecule has 1 aromatic carbocycles. The van der Waals surface area contributed by atoms with Crippen LogP contribution in [0.1, 0.15) is 37.0 Å². The first-order chi connectivity index (χ1) is 8.54. The molecule has 0 spiro atoms. The van der Waals surface area contributed by atoms with E-state index in [1.807, 2.05) is 12.1 Å². The SMILES string of the molecule is C=CCN(c1cc(C)c(F)cc1[C@H](C)O)C1CC1. The number of aliphatic hydroxyl groups excluding tert-OH is 1. The minimum Gasteiger partial charge on any atom is -0.389 e. The molecule has 0 bridgehead atoms. The summed E-state index contributed by atoms with van der Waals surface area (Å²) in [5.41, 5.74) is 2.21. The maximum atomic E-state index is 13.6. The zero-order valence-corrected chi connectivity index (χ0v) is 11.0. The van der Waals surface area contributed by atoms with Gasteiger partial charge in [0.25, 0.3) is 0 Å². The average molecular weight is 249 g/mol. The highest BCUT2D eigenvalue weighted by Gasteiger charge is 2.30. The Hall–Kier alpha value is -1.35. The number of benzene rings is 1. The van der Waals surface area contributed by atoms with Gasteiger partial charge in [0.2, 0.25) is 0 Å². The number of hydrogen-bond acceptors (Lipinski definition) is 2. The molecule has 18 heavy (non-hydrogen) atoms. The Morgan fingerprint density at radius 1 is 1.56 bits per heavy atom. The summed E-state index contributed by atoms with van der Waals surface area (Å²) >= 11 is 0. The Kier molecular flexibility index (Phi) is 3.71. The summed E-state index contributed by atoms with van der Waals surface area (Å²) in [6, 6.07) is 3.79. The minimum absolute atomic E-state index is 0.260. The summed E-state index contributed by atoms with van der Waals surface area (Å²) in [6.07, 6.45) is 3.50. The molecule has 2 nitrogen and oxygen atoms in total. The highest BCUT2D eigenvalue weighted by molar-refractivity contribution is 5.58. The fourth-order valence-electron chi connectivity index (χ4n) is 2.23. The molecule has 1 aromatic rings. The summed E-state index contributed by atoms with van der Waals surface area (Å²) < 4.78 is 13.6. The molecule has 0 heterocycles. The Labute approximate surface area is 108 Å². The van der Waals surface area contributed by atoms with E-state index >= 15 is 0 Å². The molecule has 1 fully saturated rings. The molecule has 1 aliphatic rings. The number of aryl methyl sites for hydroxylation is 1. The van der Waals surface area contributed by atoms with Gasteiger partial charge in [-0.05, 0) is 44.4 Å². The Morgan fingerprint density at radius 3 is 2.72 bits per heavy atom. The highest BCUT2D eigenvalue weighted by Crippen LogP contribution is 2.36. The van der Waals surface area contributed by atoms with Gasteiger partial charge >= 0.3 is 0 Å². The second-order valence-corrected chi connectivity index (χ2v) is 5.01. The molecule has 0 saturated heterocycles. The van der Waals surface area contributed by atoms with Crippen LogP contribution < -0.4 is 4.90 Å². The normalized spacial score (nSPS) is 16.4. The number of nitrogens with zero attached hydrogens (tertiary/aromatic N) is 1. The molecule has 0 aromatic heterocycles. The lowest BCUT2D eigenvalue weighted by Gasteiger charge is -2.27. The van der Waals surface area contributed by atoms with Crippen LogP contribution in [0.5, 0.6) is 0 Å². The van der Waals surface area contributed by atoms with Crippen molar-refractivity contribution in [3.05, 3.63) is 41.7 Å². The van der Waals surface area contributed by atoms with Crippen LogP contribution in [-0.4, -0.2) is 17.7 Å². The first-order valence-electron chi connectivity index (χ1n) is 6.40. The average Bonchev–Trinajstić information content (AvgIpc) is 3.13. The summed E-state index contributed by atoms with van der Waals surface area (Å²) in [5, 5.41) is 9.82. The summed E-state index contributed by atoms with van der Waals surface area (Å²) in [6.45, 7) is 7.93. The molecule has 1 atom stereocenters. The largest absolute Gasteiger partial charge is 0.389 e. The van der Waals surface area contributed by atoms with Crippen LogP contribution in [0.15, 0.2) is 24.8 Å². The highest BCUT2D eigenvalue weighted by atomic mass is 19.1. The zero-order valence-electron chi connectivity index (χ0n) is 11.0. The Bertz CT molecular complexity index is 452. The van der Waals surface area contributed by atoms with Crippen molar-refractivity contribution in [1.29, 1.82) is 0 Å². The van der Waals surface area contributed by atoms with Crippen LogP contribution in [0.2, 0.25) is 0 Å². The van der Waals surface area contributed by atoms with Gasteiger partial charge in [-0.1, -0.05) is 6.08 Å². The molecule has 0 aliphatic heterocycles. The van der Waals surface area contributed by atoms with Gasteiger partial charge in [-0.2, -0.15) is 0 Å². The number of halogens is 1. The monoisotopic (exact) mass is 249 g/mol. The van der Waals surface area contributed by atoms with E-state index in [9.17, 15) is 9.50 Å². The van der Waals surface area contributed by atoms with E-state index in [2.05, 4.69) is 11.5 Å². The van der Waals surface area contributed by atoms with E-state index in [-0.39, 0.29) is 5.82 Å². The fraction of sp³-hybridized carbons (Fsp3) is 0.467. The lowest BCUT2D eigenvalue weighted by molar-refractivity contribution is 0.199. The summed E-state index contributed by atoms with van der Waals surface area (Å²) in [4.78, 5) is 2.21. The summed E-state index contributed by atoms with van der Waals surface area (Å²) in [7, 11) is 0. The second-order valence-electron chi connectivity index (χ2n) is 5.01. The van der Waals surface area contributed by atoms with Crippen molar-refractivity contribution in [3.63, 3.8) is 0 Å². The predicted molar refractivity (Wildman–Crippen MR) is 72.3 cm³/mol. The number of hydrogen-bond donors (Lipinski definition) is 1. The van der Waals surface area contributed by atoms with E-state index in [1.165, 1.54) is 6.07 Å². The molecule has 1 aliphatic carbocycles. The van der Waals surface area contributed by atoms with E-state index in [4.69, 9.17) is 0 Å². The van der Waals surface area contributed by atoms with E-state index in [1.54, 1.807) is 13.8 Å². The topological polar surface area (TPSA) is 23.5 Å². The van der Waals surface area contributed by atoms with Crippen molar-refractivity contribution < 1.29 is 9.50 Å². The molecule has 2 rings (SSSR count). The second kappa shape index (κ2) is 5.11. The van der Waals surface area contributed by atoms with Crippen LogP contribution in [-0.2, 0) is 0 Å². The molecule has 98 valence electrons. The maximum absolute atomic E-state index is 13.6. The molecule has 0 radical (unpaired) electrons. The van der Waals surface area contributed by atoms with Gasteiger partial charge in [0.05, 0.1) is 6.10 Å². The molecule has 0 unspecified atom stereocenters. The molecule has 1 saturated carbocycles. The predicted octanol–water partition coefficient (Wildman–Crippen LogP) is 3.34. The van der Waals surface area contributed by atoms with Gasteiger partial charge < -0.3 is 10.0 Å². The Balaban J connectivity index is 2.45. The van der Waals surface area contributed by atoms with Crippen molar-refractivity contribution in [3.8, 4) is 0 Å². The molecule has 1 N–H and O–H groups in total. The van der Waals surface area contributed by atoms with E-state index < -0.39 is 6.10 Å². The maximum Gasteiger partial charge on any atom is 0.126 e. The van der Waals surface area contributed by atoms with Crippen molar-refractivity contribution >= 4 is 5.69 Å². The Morgan fingerprint density at radius 2 is 2.22 bits per heavy atom. The van der Waals surface area contributed by atoms with E-state index in [0.717, 1.165) is 25.1 Å². The van der Waals surface area contributed by atoms with Gasteiger partial charge in [-0.15, -0.1) is 6.58 Å². The third-order valence-electron chi connectivity index (χ3n) is 3.38. The first kappa shape index (κ1) is 13.1. The van der Waals surface area contributed by atoms with Gasteiger partial charge in [0.1, 0.15) is 5.82 Å². The zero-order chi connectivity index (χ0) is 13.3. The van der Waals surface area contributed by atoms with Crippen LogP contribution in [0, 0.1) is 12.7 Å². The van der Waals surface area contributed by atoms with Crippen LogP contribution in [0.25, 0.3) is 0 Å². The number of aliphatic hydroxyl groups is 1. The number of rotatable bonds is 5. The molecule has 3 heteroatoms. The lowest BCUT2D eigenvalue weighted by Crippen LogP contribution is -2.27. The third-order valence-corrected chi connectivity index (χ3v) is 3.38. The third kappa shape index (κ3) is 2.56. The number of anilines is 1. The van der Waals surface area contributed by atoms with Crippen molar-refractivity contribution in [2.24, 2.45) is 0 Å². The van der Waals surface area contributed by atoms with Gasteiger partial charge in [-0.25, -0.2) is 4.39 Å². The fourth-order valence-corrected chi connectivity index (χ4v) is 2.23. The van der Waals surface area contributed by atoms with Crippen molar-refractivity contribution in [1.82, 2.24) is 0 Å². The van der Waals surface area contributed by atoms with E-state index in [0.29, 0.717) is 17.2 Å². The molecule has 0 amide bonds. The smallest absolute Gasteiger partial charge is 0.126 e. The standard InChI is InChI=1S/C15H20FNO/c1-4-7-17(12-5-6-12)15-8-10(2)14(16)9-13(15)11(3)18/h4,8-9,11-12,18H,1,5-7H2,2-3H3/t11-/m0/s1. The van der Waals surface area contributed by atoms with Gasteiger partial charge in [0, 0.05) is 23.8 Å². The van der Waals surface area contributed by atoms with Crippen LogP contribution in [0.3, 0.4) is 0 Å². The van der Waals surface area contributed by atoms with Crippen LogP contribution >= 0.6 is 0 Å².